The van der Waals surface area contributed by atoms with Gasteiger partial charge in [-0.2, -0.15) is 0 Å². The molecule has 1 aliphatic rings. The zero-order valence-corrected chi connectivity index (χ0v) is 11.1. The molecule has 0 spiro atoms. The zero-order valence-electron chi connectivity index (χ0n) is 11.1. The van der Waals surface area contributed by atoms with Crippen molar-refractivity contribution in [3.05, 3.63) is 0 Å². The van der Waals surface area contributed by atoms with Crippen molar-refractivity contribution in [2.75, 3.05) is 13.6 Å². The number of rotatable bonds is 2. The van der Waals surface area contributed by atoms with Crippen LogP contribution in [0.2, 0.25) is 0 Å². The number of nitrogens with two attached hydrogens (primary N) is 1. The van der Waals surface area contributed by atoms with E-state index in [0.29, 0.717) is 11.5 Å². The van der Waals surface area contributed by atoms with Crippen LogP contribution in [0.3, 0.4) is 0 Å². The Hall–Kier alpha value is -0.770. The Labute approximate surface area is 99.3 Å². The van der Waals surface area contributed by atoms with Crippen LogP contribution < -0.4 is 11.3 Å². The van der Waals surface area contributed by atoms with Gasteiger partial charge in [-0.1, -0.05) is 13.8 Å². The Morgan fingerprint density at radius 1 is 1.44 bits per heavy atom. The molecule has 0 aromatic rings. The van der Waals surface area contributed by atoms with Crippen LogP contribution in [0.25, 0.3) is 0 Å². The molecule has 94 valence electrons. The van der Waals surface area contributed by atoms with Crippen molar-refractivity contribution < 1.29 is 0 Å². The number of aliphatic imine (C=N–C) groups is 1. The van der Waals surface area contributed by atoms with E-state index in [4.69, 9.17) is 5.84 Å². The van der Waals surface area contributed by atoms with Crippen molar-refractivity contribution in [3.63, 3.8) is 0 Å². The number of nitrogens with zero attached hydrogens (tertiary/aromatic N) is 2. The molecule has 1 rings (SSSR count). The molecule has 0 aliphatic heterocycles. The Morgan fingerprint density at radius 3 is 2.44 bits per heavy atom. The minimum atomic E-state index is 0.509. The van der Waals surface area contributed by atoms with Crippen molar-refractivity contribution in [2.24, 2.45) is 16.3 Å². The highest BCUT2D eigenvalue weighted by Gasteiger charge is 2.29. The van der Waals surface area contributed by atoms with Crippen molar-refractivity contribution >= 4 is 5.96 Å². The van der Waals surface area contributed by atoms with E-state index in [1.165, 1.54) is 25.7 Å². The summed E-state index contributed by atoms with van der Waals surface area (Å²) in [7, 11) is 2.08. The topological polar surface area (TPSA) is 53.6 Å². The van der Waals surface area contributed by atoms with Crippen LogP contribution in [-0.4, -0.2) is 30.5 Å². The number of hydrazine groups is 1. The summed E-state index contributed by atoms with van der Waals surface area (Å²) in [6.45, 7) is 7.49. The number of nitrogens with one attached hydrogen (secondary N) is 1. The first kappa shape index (κ1) is 13.3. The highest BCUT2D eigenvalue weighted by molar-refractivity contribution is 5.79. The van der Waals surface area contributed by atoms with Crippen molar-refractivity contribution in [1.29, 1.82) is 0 Å². The second-order valence-electron chi connectivity index (χ2n) is 5.45. The highest BCUT2D eigenvalue weighted by Crippen LogP contribution is 2.36. The Bertz CT molecular complexity index is 237. The van der Waals surface area contributed by atoms with Crippen molar-refractivity contribution in [1.82, 2.24) is 10.3 Å². The summed E-state index contributed by atoms with van der Waals surface area (Å²) in [5.41, 5.74) is 3.21. The summed E-state index contributed by atoms with van der Waals surface area (Å²) in [6, 6.07) is 0.578. The molecule has 0 aromatic carbocycles. The lowest BCUT2D eigenvalue weighted by molar-refractivity contribution is 0.167. The molecule has 0 aromatic heterocycles. The summed E-state index contributed by atoms with van der Waals surface area (Å²) in [6.07, 6.45) is 5.03. The average molecular weight is 226 g/mol. The zero-order chi connectivity index (χ0) is 12.2. The number of hydrogen-bond donors (Lipinski definition) is 2. The first-order chi connectivity index (χ1) is 7.50. The van der Waals surface area contributed by atoms with Gasteiger partial charge in [-0.15, -0.1) is 0 Å². The van der Waals surface area contributed by atoms with Crippen LogP contribution in [0.5, 0.6) is 0 Å². The molecule has 1 aliphatic carbocycles. The second-order valence-corrected chi connectivity index (χ2v) is 5.45. The molecular formula is C12H26N4. The van der Waals surface area contributed by atoms with Crippen LogP contribution >= 0.6 is 0 Å². The predicted octanol–water partition coefficient (Wildman–Crippen LogP) is 1.73. The molecule has 0 saturated heterocycles. The molecule has 3 N–H and O–H groups in total. The monoisotopic (exact) mass is 226 g/mol. The van der Waals surface area contributed by atoms with E-state index in [0.717, 1.165) is 12.5 Å². The second kappa shape index (κ2) is 5.53. The van der Waals surface area contributed by atoms with Gasteiger partial charge in [0.1, 0.15) is 0 Å². The van der Waals surface area contributed by atoms with Crippen LogP contribution in [-0.2, 0) is 0 Å². The first-order valence-electron chi connectivity index (χ1n) is 6.24. The minimum Gasteiger partial charge on any atom is -0.342 e. The summed E-state index contributed by atoms with van der Waals surface area (Å²) in [5.74, 6) is 6.31. The molecule has 1 saturated carbocycles. The van der Waals surface area contributed by atoms with E-state index < -0.39 is 0 Å². The number of hydrogen-bond acceptors (Lipinski definition) is 2. The SMILES string of the molecule is CCN=C(NN)N(C)C1CCC(C)(C)CC1. The fraction of sp³-hybridized carbons (Fsp3) is 0.917. The predicted molar refractivity (Wildman–Crippen MR) is 69.1 cm³/mol. The quantitative estimate of drug-likeness (QED) is 0.326. The smallest absolute Gasteiger partial charge is 0.208 e. The third kappa shape index (κ3) is 3.37. The molecule has 1 fully saturated rings. The molecule has 0 bridgehead atoms. The largest absolute Gasteiger partial charge is 0.342 e. The van der Waals surface area contributed by atoms with E-state index in [9.17, 15) is 0 Å². The van der Waals surface area contributed by atoms with Gasteiger partial charge in [0.25, 0.3) is 0 Å². The summed E-state index contributed by atoms with van der Waals surface area (Å²) in [4.78, 5) is 6.55. The van der Waals surface area contributed by atoms with Crippen LogP contribution in [0.4, 0.5) is 0 Å². The third-order valence-electron chi connectivity index (χ3n) is 3.63. The van der Waals surface area contributed by atoms with E-state index in [-0.39, 0.29) is 0 Å². The van der Waals surface area contributed by atoms with Gasteiger partial charge in [0.05, 0.1) is 0 Å². The molecular weight excluding hydrogens is 200 g/mol. The standard InChI is InChI=1S/C12H26N4/c1-5-14-11(15-13)16(4)10-6-8-12(2,3)9-7-10/h10H,5-9,13H2,1-4H3,(H,14,15). The maximum absolute atomic E-state index is 5.50. The lowest BCUT2D eigenvalue weighted by Gasteiger charge is -2.39. The summed E-state index contributed by atoms with van der Waals surface area (Å²) < 4.78 is 0. The van der Waals surface area contributed by atoms with Crippen molar-refractivity contribution in [3.8, 4) is 0 Å². The van der Waals surface area contributed by atoms with Crippen LogP contribution in [0.1, 0.15) is 46.5 Å². The van der Waals surface area contributed by atoms with E-state index in [1.807, 2.05) is 6.92 Å². The summed E-state index contributed by atoms with van der Waals surface area (Å²) >= 11 is 0. The molecule has 0 amide bonds. The Balaban J connectivity index is 2.55. The van der Waals surface area contributed by atoms with E-state index in [2.05, 4.69) is 36.2 Å². The van der Waals surface area contributed by atoms with Gasteiger partial charge in [0.2, 0.25) is 5.96 Å². The number of guanidine groups is 1. The van der Waals surface area contributed by atoms with Gasteiger partial charge in [0, 0.05) is 19.6 Å². The molecule has 0 heterocycles. The van der Waals surface area contributed by atoms with E-state index in [1.54, 1.807) is 0 Å². The highest BCUT2D eigenvalue weighted by atomic mass is 15.4. The maximum atomic E-state index is 5.50. The van der Waals surface area contributed by atoms with Crippen LogP contribution in [0.15, 0.2) is 4.99 Å². The molecule has 16 heavy (non-hydrogen) atoms. The van der Waals surface area contributed by atoms with Gasteiger partial charge in [-0.3, -0.25) is 10.4 Å². The lowest BCUT2D eigenvalue weighted by atomic mass is 9.75. The van der Waals surface area contributed by atoms with Gasteiger partial charge in [-0.25, -0.2) is 5.84 Å². The molecule has 0 radical (unpaired) electrons. The van der Waals surface area contributed by atoms with Gasteiger partial charge >= 0.3 is 0 Å². The lowest BCUT2D eigenvalue weighted by Crippen LogP contribution is -2.49. The fourth-order valence-corrected chi connectivity index (χ4v) is 2.35. The van der Waals surface area contributed by atoms with Gasteiger partial charge in [-0.05, 0) is 38.0 Å². The van der Waals surface area contributed by atoms with Crippen LogP contribution in [0, 0.1) is 5.41 Å². The Morgan fingerprint density at radius 2 is 2.00 bits per heavy atom. The third-order valence-corrected chi connectivity index (χ3v) is 3.63. The molecule has 4 nitrogen and oxygen atoms in total. The maximum Gasteiger partial charge on any atom is 0.208 e. The molecule has 4 heteroatoms. The van der Waals surface area contributed by atoms with E-state index >= 15 is 0 Å². The normalized spacial score (nSPS) is 21.9. The van der Waals surface area contributed by atoms with Crippen molar-refractivity contribution in [2.45, 2.75) is 52.5 Å². The van der Waals surface area contributed by atoms with Gasteiger partial charge < -0.3 is 4.90 Å². The molecule has 0 unspecified atom stereocenters. The van der Waals surface area contributed by atoms with Gasteiger partial charge in [0.15, 0.2) is 0 Å². The molecule has 0 atom stereocenters. The minimum absolute atomic E-state index is 0.509. The first-order valence-corrected chi connectivity index (χ1v) is 6.24. The fourth-order valence-electron chi connectivity index (χ4n) is 2.35. The Kier molecular flexibility index (Phi) is 4.59. The average Bonchev–Trinajstić information content (AvgIpc) is 2.25. The summed E-state index contributed by atoms with van der Waals surface area (Å²) in [5, 5.41) is 0.